The number of anilines is 1. The Bertz CT molecular complexity index is 849. The molecular formula is C17H22N4O3S. The molecule has 0 unspecified atom stereocenters. The molecule has 1 aliphatic heterocycles. The quantitative estimate of drug-likeness (QED) is 0.844. The van der Waals surface area contributed by atoms with E-state index in [-0.39, 0.29) is 11.4 Å². The summed E-state index contributed by atoms with van der Waals surface area (Å²) in [5, 5.41) is 0. The molecule has 0 atom stereocenters. The Labute approximate surface area is 148 Å². The van der Waals surface area contributed by atoms with Crippen molar-refractivity contribution in [3.8, 4) is 5.75 Å². The van der Waals surface area contributed by atoms with E-state index in [1.807, 2.05) is 6.07 Å². The molecule has 1 saturated heterocycles. The minimum Gasteiger partial charge on any atom is -0.496 e. The number of benzene rings is 1. The molecule has 1 aliphatic rings. The molecule has 0 aliphatic carbocycles. The van der Waals surface area contributed by atoms with Gasteiger partial charge in [0.05, 0.1) is 18.6 Å². The predicted octanol–water partition coefficient (Wildman–Crippen LogP) is 1.87. The maximum atomic E-state index is 12.5. The summed E-state index contributed by atoms with van der Waals surface area (Å²) in [5.41, 5.74) is 0.762. The summed E-state index contributed by atoms with van der Waals surface area (Å²) in [6, 6.07) is 6.61. The molecule has 1 fully saturated rings. The van der Waals surface area contributed by atoms with Gasteiger partial charge in [-0.3, -0.25) is 0 Å². The molecule has 0 amide bonds. The van der Waals surface area contributed by atoms with E-state index < -0.39 is 10.0 Å². The molecule has 0 saturated carbocycles. The maximum absolute atomic E-state index is 12.5. The van der Waals surface area contributed by atoms with E-state index in [4.69, 9.17) is 4.74 Å². The van der Waals surface area contributed by atoms with Gasteiger partial charge >= 0.3 is 0 Å². The molecule has 0 radical (unpaired) electrons. The normalized spacial score (nSPS) is 14.7. The third-order valence-electron chi connectivity index (χ3n) is 4.22. The number of rotatable bonds is 6. The number of nitrogens with zero attached hydrogens (tertiary/aromatic N) is 3. The first-order chi connectivity index (χ1) is 12.0. The predicted molar refractivity (Wildman–Crippen MR) is 95.2 cm³/mol. The number of nitrogens with one attached hydrogen (secondary N) is 1. The second-order valence-corrected chi connectivity index (χ2v) is 7.75. The first-order valence-electron chi connectivity index (χ1n) is 8.21. The van der Waals surface area contributed by atoms with E-state index in [2.05, 4.69) is 19.6 Å². The average Bonchev–Trinajstić information content (AvgIpc) is 3.15. The highest BCUT2D eigenvalue weighted by molar-refractivity contribution is 7.89. The minimum absolute atomic E-state index is 0.0507. The highest BCUT2D eigenvalue weighted by Gasteiger charge is 2.17. The lowest BCUT2D eigenvalue weighted by molar-refractivity contribution is 0.411. The summed E-state index contributed by atoms with van der Waals surface area (Å²) in [6.45, 7) is 3.82. The molecule has 134 valence electrons. The number of ether oxygens (including phenoxy) is 1. The Morgan fingerprint density at radius 2 is 2.00 bits per heavy atom. The van der Waals surface area contributed by atoms with Gasteiger partial charge in [0.25, 0.3) is 0 Å². The van der Waals surface area contributed by atoms with Gasteiger partial charge in [0, 0.05) is 19.3 Å². The van der Waals surface area contributed by atoms with Crippen LogP contribution in [0.3, 0.4) is 0 Å². The molecule has 7 nitrogen and oxygen atoms in total. The molecule has 0 bridgehead atoms. The van der Waals surface area contributed by atoms with Gasteiger partial charge in [0.15, 0.2) is 0 Å². The molecule has 3 rings (SSSR count). The number of aromatic nitrogens is 2. The summed E-state index contributed by atoms with van der Waals surface area (Å²) in [4.78, 5) is 11.0. The highest BCUT2D eigenvalue weighted by Crippen LogP contribution is 2.21. The van der Waals surface area contributed by atoms with Crippen LogP contribution in [0, 0.1) is 6.92 Å². The first kappa shape index (κ1) is 17.6. The number of hydrogen-bond acceptors (Lipinski definition) is 6. The second-order valence-electron chi connectivity index (χ2n) is 5.98. The molecule has 8 heteroatoms. The molecular weight excluding hydrogens is 340 g/mol. The third-order valence-corrected chi connectivity index (χ3v) is 5.62. The van der Waals surface area contributed by atoms with Crippen LogP contribution in [0.2, 0.25) is 0 Å². The minimum atomic E-state index is -3.64. The van der Waals surface area contributed by atoms with Crippen molar-refractivity contribution in [3.05, 3.63) is 41.9 Å². The van der Waals surface area contributed by atoms with Crippen LogP contribution in [0.5, 0.6) is 5.75 Å². The van der Waals surface area contributed by atoms with Crippen LogP contribution in [-0.2, 0) is 16.6 Å². The van der Waals surface area contributed by atoms with Gasteiger partial charge in [-0.2, -0.15) is 0 Å². The lowest BCUT2D eigenvalue weighted by Crippen LogP contribution is -2.25. The smallest absolute Gasteiger partial charge is 0.240 e. The van der Waals surface area contributed by atoms with Crippen LogP contribution >= 0.6 is 0 Å². The van der Waals surface area contributed by atoms with Crippen LogP contribution < -0.4 is 14.4 Å². The summed E-state index contributed by atoms with van der Waals surface area (Å²) < 4.78 is 32.7. The van der Waals surface area contributed by atoms with E-state index in [9.17, 15) is 8.42 Å². The number of methoxy groups -OCH3 is 1. The zero-order valence-electron chi connectivity index (χ0n) is 14.4. The lowest BCUT2D eigenvalue weighted by atomic mass is 10.2. The Morgan fingerprint density at radius 3 is 2.68 bits per heavy atom. The van der Waals surface area contributed by atoms with Crippen LogP contribution in [-0.4, -0.2) is 38.6 Å². The molecule has 1 N–H and O–H groups in total. The van der Waals surface area contributed by atoms with E-state index in [1.54, 1.807) is 32.4 Å². The van der Waals surface area contributed by atoms with E-state index in [0.29, 0.717) is 11.6 Å². The largest absolute Gasteiger partial charge is 0.496 e. The third kappa shape index (κ3) is 4.08. The van der Waals surface area contributed by atoms with E-state index >= 15 is 0 Å². The Balaban J connectivity index is 1.72. The number of aryl methyl sites for hydroxylation is 1. The Kier molecular flexibility index (Phi) is 5.19. The molecule has 25 heavy (non-hydrogen) atoms. The molecule has 0 spiro atoms. The summed E-state index contributed by atoms with van der Waals surface area (Å²) in [5.74, 6) is 1.96. The van der Waals surface area contributed by atoms with Gasteiger partial charge in [-0.05, 0) is 49.6 Å². The molecule has 2 aromatic rings. The van der Waals surface area contributed by atoms with Gasteiger partial charge in [-0.1, -0.05) is 0 Å². The van der Waals surface area contributed by atoms with Gasteiger partial charge in [0.2, 0.25) is 10.0 Å². The number of sulfonamides is 1. The van der Waals surface area contributed by atoms with Crippen molar-refractivity contribution in [2.75, 3.05) is 25.1 Å². The standard InChI is InChI=1S/C17H22N4O3S/c1-13-11-14(5-6-15(13)24-2)25(22,23)19-12-16-18-8-7-17(20-16)21-9-3-4-10-21/h5-8,11,19H,3-4,9-10,12H2,1-2H3. The lowest BCUT2D eigenvalue weighted by Gasteiger charge is -2.16. The van der Waals surface area contributed by atoms with Crippen LogP contribution in [0.4, 0.5) is 5.82 Å². The fourth-order valence-corrected chi connectivity index (χ4v) is 3.92. The second kappa shape index (κ2) is 7.37. The molecule has 2 heterocycles. The van der Waals surface area contributed by atoms with E-state index in [1.165, 1.54) is 6.07 Å². The summed E-state index contributed by atoms with van der Waals surface area (Å²) in [6.07, 6.45) is 3.98. The van der Waals surface area contributed by atoms with Crippen LogP contribution in [0.25, 0.3) is 0 Å². The molecule has 1 aromatic heterocycles. The maximum Gasteiger partial charge on any atom is 0.240 e. The van der Waals surface area contributed by atoms with Crippen molar-refractivity contribution < 1.29 is 13.2 Å². The zero-order chi connectivity index (χ0) is 17.9. The van der Waals surface area contributed by atoms with Crippen molar-refractivity contribution in [1.29, 1.82) is 0 Å². The average molecular weight is 362 g/mol. The van der Waals surface area contributed by atoms with Crippen molar-refractivity contribution in [2.45, 2.75) is 31.2 Å². The van der Waals surface area contributed by atoms with Crippen molar-refractivity contribution >= 4 is 15.8 Å². The van der Waals surface area contributed by atoms with Gasteiger partial charge in [-0.15, -0.1) is 0 Å². The van der Waals surface area contributed by atoms with Crippen molar-refractivity contribution in [2.24, 2.45) is 0 Å². The van der Waals surface area contributed by atoms with Gasteiger partial charge in [0.1, 0.15) is 17.4 Å². The molecule has 1 aromatic carbocycles. The van der Waals surface area contributed by atoms with Crippen molar-refractivity contribution in [3.63, 3.8) is 0 Å². The van der Waals surface area contributed by atoms with Crippen molar-refractivity contribution in [1.82, 2.24) is 14.7 Å². The SMILES string of the molecule is COc1ccc(S(=O)(=O)NCc2nccc(N3CCCC3)n2)cc1C. The summed E-state index contributed by atoms with van der Waals surface area (Å²) >= 11 is 0. The van der Waals surface area contributed by atoms with Crippen LogP contribution in [0.1, 0.15) is 24.2 Å². The summed E-state index contributed by atoms with van der Waals surface area (Å²) in [7, 11) is -2.08. The zero-order valence-corrected chi connectivity index (χ0v) is 15.2. The van der Waals surface area contributed by atoms with Crippen LogP contribution in [0.15, 0.2) is 35.4 Å². The number of hydrogen-bond donors (Lipinski definition) is 1. The van der Waals surface area contributed by atoms with Gasteiger partial charge < -0.3 is 9.64 Å². The first-order valence-corrected chi connectivity index (χ1v) is 9.69. The fraction of sp³-hybridized carbons (Fsp3) is 0.412. The topological polar surface area (TPSA) is 84.4 Å². The Morgan fingerprint density at radius 1 is 1.24 bits per heavy atom. The fourth-order valence-electron chi connectivity index (χ4n) is 2.86. The highest BCUT2D eigenvalue weighted by atomic mass is 32.2. The van der Waals surface area contributed by atoms with E-state index in [0.717, 1.165) is 37.3 Å². The van der Waals surface area contributed by atoms with Gasteiger partial charge in [-0.25, -0.2) is 23.1 Å². The Hall–Kier alpha value is -2.19. The monoisotopic (exact) mass is 362 g/mol.